The lowest BCUT2D eigenvalue weighted by Crippen LogP contribution is -2.03. The highest BCUT2D eigenvalue weighted by molar-refractivity contribution is 5.21. The Morgan fingerprint density at radius 3 is 2.64 bits per heavy atom. The van der Waals surface area contributed by atoms with Crippen molar-refractivity contribution >= 4 is 0 Å². The highest BCUT2D eigenvalue weighted by Gasteiger charge is 2.05. The minimum atomic E-state index is 0.536. The van der Waals surface area contributed by atoms with Crippen LogP contribution in [0.3, 0.4) is 0 Å². The summed E-state index contributed by atoms with van der Waals surface area (Å²) in [6.07, 6.45) is 0.839. The summed E-state index contributed by atoms with van der Waals surface area (Å²) in [5.41, 5.74) is 11.6. The monoisotopic (exact) mass is 193 g/mol. The van der Waals surface area contributed by atoms with Crippen LogP contribution >= 0.6 is 0 Å². The van der Waals surface area contributed by atoms with Crippen LogP contribution in [0.25, 0.3) is 10.4 Å². The molecule has 1 rings (SSSR count). The zero-order valence-corrected chi connectivity index (χ0v) is 8.86. The van der Waals surface area contributed by atoms with Crippen LogP contribution in [-0.2, 0) is 6.54 Å². The van der Waals surface area contributed by atoms with Crippen LogP contribution in [0.2, 0.25) is 0 Å². The Balaban J connectivity index is 2.59. The molecule has 0 aliphatic rings. The van der Waals surface area contributed by atoms with E-state index in [-0.39, 0.29) is 0 Å². The van der Waals surface area contributed by atoms with Gasteiger partial charge in [0.05, 0.1) is 5.69 Å². The van der Waals surface area contributed by atoms with Crippen molar-refractivity contribution in [3.8, 4) is 0 Å². The summed E-state index contributed by atoms with van der Waals surface area (Å²) >= 11 is 0. The van der Waals surface area contributed by atoms with Crippen LogP contribution in [0, 0.1) is 20.8 Å². The average Bonchev–Trinajstić information content (AvgIpc) is 2.41. The second-order valence-electron chi connectivity index (χ2n) is 3.33. The zero-order valence-electron chi connectivity index (χ0n) is 8.86. The van der Waals surface area contributed by atoms with Gasteiger partial charge in [-0.3, -0.25) is 4.68 Å². The molecule has 0 fully saturated rings. The lowest BCUT2D eigenvalue weighted by Gasteiger charge is -2.01. The van der Waals surface area contributed by atoms with E-state index in [0.717, 1.165) is 18.7 Å². The number of aromatic nitrogens is 2. The molecule has 1 aromatic heterocycles. The number of nitrogens with zero attached hydrogens (tertiary/aromatic N) is 5. The van der Waals surface area contributed by atoms with Crippen LogP contribution in [0.1, 0.15) is 23.4 Å². The van der Waals surface area contributed by atoms with Crippen LogP contribution in [-0.4, -0.2) is 16.3 Å². The van der Waals surface area contributed by atoms with Gasteiger partial charge in [0.2, 0.25) is 0 Å². The summed E-state index contributed by atoms with van der Waals surface area (Å²) < 4.78 is 1.97. The summed E-state index contributed by atoms with van der Waals surface area (Å²) in [4.78, 5) is 2.71. The van der Waals surface area contributed by atoms with Gasteiger partial charge in [0.15, 0.2) is 0 Å². The SMILES string of the molecule is Cc1nn(CCCN=[N+]=[N-])c(C)c1C. The topological polar surface area (TPSA) is 66.6 Å². The maximum absolute atomic E-state index is 8.10. The van der Waals surface area contributed by atoms with Gasteiger partial charge in [-0.15, -0.1) is 0 Å². The Kier molecular flexibility index (Phi) is 3.54. The lowest BCUT2D eigenvalue weighted by molar-refractivity contribution is 0.567. The Hall–Kier alpha value is -1.48. The molecule has 14 heavy (non-hydrogen) atoms. The zero-order chi connectivity index (χ0) is 10.6. The van der Waals surface area contributed by atoms with E-state index in [1.807, 2.05) is 11.6 Å². The Morgan fingerprint density at radius 2 is 2.14 bits per heavy atom. The molecule has 0 spiro atoms. The second-order valence-corrected chi connectivity index (χ2v) is 3.33. The third kappa shape index (κ3) is 2.26. The fourth-order valence-corrected chi connectivity index (χ4v) is 1.34. The van der Waals surface area contributed by atoms with Crippen molar-refractivity contribution in [3.05, 3.63) is 27.4 Å². The highest BCUT2D eigenvalue weighted by atomic mass is 15.3. The lowest BCUT2D eigenvalue weighted by atomic mass is 10.2. The first-order chi connectivity index (χ1) is 6.66. The Bertz CT molecular complexity index is 360. The number of hydrogen-bond acceptors (Lipinski definition) is 2. The van der Waals surface area contributed by atoms with Gasteiger partial charge in [0, 0.05) is 23.7 Å². The predicted octanol–water partition coefficient (Wildman–Crippen LogP) is 2.51. The van der Waals surface area contributed by atoms with Crippen LogP contribution < -0.4 is 0 Å². The molecule has 0 aliphatic heterocycles. The van der Waals surface area contributed by atoms with E-state index in [1.165, 1.54) is 11.3 Å². The van der Waals surface area contributed by atoms with E-state index >= 15 is 0 Å². The van der Waals surface area contributed by atoms with E-state index in [4.69, 9.17) is 5.53 Å². The molecule has 0 bridgehead atoms. The molecule has 0 radical (unpaired) electrons. The molecule has 0 amide bonds. The maximum Gasteiger partial charge on any atom is 0.0625 e. The molecule has 0 N–H and O–H groups in total. The van der Waals surface area contributed by atoms with Gasteiger partial charge >= 0.3 is 0 Å². The van der Waals surface area contributed by atoms with Gasteiger partial charge in [-0.25, -0.2) is 0 Å². The highest BCUT2D eigenvalue weighted by Crippen LogP contribution is 2.10. The predicted molar refractivity (Wildman–Crippen MR) is 55.1 cm³/mol. The van der Waals surface area contributed by atoms with Gasteiger partial charge in [-0.05, 0) is 38.3 Å². The number of aryl methyl sites for hydroxylation is 2. The Labute approximate surface area is 83.4 Å². The summed E-state index contributed by atoms with van der Waals surface area (Å²) in [5, 5.41) is 7.87. The molecule has 1 aromatic rings. The van der Waals surface area contributed by atoms with Crippen molar-refractivity contribution in [2.24, 2.45) is 5.11 Å². The summed E-state index contributed by atoms with van der Waals surface area (Å²) in [6, 6.07) is 0. The average molecular weight is 193 g/mol. The van der Waals surface area contributed by atoms with E-state index in [9.17, 15) is 0 Å². The summed E-state index contributed by atoms with van der Waals surface area (Å²) in [5.74, 6) is 0. The first-order valence-corrected chi connectivity index (χ1v) is 4.68. The van der Waals surface area contributed by atoms with E-state index in [2.05, 4.69) is 29.0 Å². The molecule has 5 nitrogen and oxygen atoms in total. The number of azide groups is 1. The smallest absolute Gasteiger partial charge is 0.0625 e. The van der Waals surface area contributed by atoms with Crippen molar-refractivity contribution in [1.82, 2.24) is 9.78 Å². The van der Waals surface area contributed by atoms with Crippen molar-refractivity contribution in [2.45, 2.75) is 33.7 Å². The van der Waals surface area contributed by atoms with Gasteiger partial charge in [-0.2, -0.15) is 5.10 Å². The van der Waals surface area contributed by atoms with Crippen LogP contribution in [0.15, 0.2) is 5.11 Å². The molecule has 0 aromatic carbocycles. The molecule has 0 saturated carbocycles. The van der Waals surface area contributed by atoms with Crippen LogP contribution in [0.5, 0.6) is 0 Å². The van der Waals surface area contributed by atoms with Gasteiger partial charge in [0.25, 0.3) is 0 Å². The van der Waals surface area contributed by atoms with Crippen LogP contribution in [0.4, 0.5) is 0 Å². The second kappa shape index (κ2) is 4.67. The van der Waals surface area contributed by atoms with Crippen molar-refractivity contribution in [2.75, 3.05) is 6.54 Å². The van der Waals surface area contributed by atoms with Crippen molar-refractivity contribution < 1.29 is 0 Å². The molecular formula is C9H15N5. The molecule has 0 aliphatic carbocycles. The third-order valence-corrected chi connectivity index (χ3v) is 2.43. The summed E-state index contributed by atoms with van der Waals surface area (Å²) in [7, 11) is 0. The normalized spacial score (nSPS) is 9.93. The van der Waals surface area contributed by atoms with Gasteiger partial charge in [-0.1, -0.05) is 5.11 Å². The fourth-order valence-electron chi connectivity index (χ4n) is 1.34. The molecule has 0 atom stereocenters. The van der Waals surface area contributed by atoms with E-state index in [1.54, 1.807) is 0 Å². The largest absolute Gasteiger partial charge is 0.269 e. The fraction of sp³-hybridized carbons (Fsp3) is 0.667. The molecule has 0 saturated heterocycles. The third-order valence-electron chi connectivity index (χ3n) is 2.43. The van der Waals surface area contributed by atoms with Crippen molar-refractivity contribution in [3.63, 3.8) is 0 Å². The minimum absolute atomic E-state index is 0.536. The standard InChI is InChI=1S/C9H15N5/c1-7-8(2)12-14(9(7)3)6-4-5-11-13-10/h4-6H2,1-3H3. The first kappa shape index (κ1) is 10.6. The number of hydrogen-bond donors (Lipinski definition) is 0. The molecular weight excluding hydrogens is 178 g/mol. The van der Waals surface area contributed by atoms with E-state index < -0.39 is 0 Å². The Morgan fingerprint density at radius 1 is 1.43 bits per heavy atom. The van der Waals surface area contributed by atoms with Gasteiger partial charge in [0.1, 0.15) is 0 Å². The first-order valence-electron chi connectivity index (χ1n) is 4.68. The molecule has 5 heteroatoms. The van der Waals surface area contributed by atoms with E-state index in [0.29, 0.717) is 6.54 Å². The molecule has 0 unspecified atom stereocenters. The molecule has 76 valence electrons. The molecule has 1 heterocycles. The summed E-state index contributed by atoms with van der Waals surface area (Å²) in [6.45, 7) is 7.49. The maximum atomic E-state index is 8.10. The number of rotatable bonds is 4. The van der Waals surface area contributed by atoms with Gasteiger partial charge < -0.3 is 0 Å². The van der Waals surface area contributed by atoms with Crippen molar-refractivity contribution in [1.29, 1.82) is 0 Å². The minimum Gasteiger partial charge on any atom is -0.269 e. The quantitative estimate of drug-likeness (QED) is 0.313.